The van der Waals surface area contributed by atoms with E-state index in [1.165, 1.54) is 0 Å². The highest BCUT2D eigenvalue weighted by Gasteiger charge is 2.15. The van der Waals surface area contributed by atoms with Gasteiger partial charge in [0.25, 0.3) is 11.8 Å². The monoisotopic (exact) mass is 492 g/mol. The first-order chi connectivity index (χ1) is 18.7. The Kier molecular flexibility index (Phi) is 6.12. The molecule has 0 unspecified atom stereocenters. The first-order valence-electron chi connectivity index (χ1n) is 12.4. The molecule has 182 valence electrons. The predicted octanol–water partition coefficient (Wildman–Crippen LogP) is 8.16. The maximum atomic E-state index is 13.2. The fraction of sp³-hybridized carbons (Fsp3) is 0. The number of carbonyl (C=O) groups excluding carboxylic acids is 2. The summed E-state index contributed by atoms with van der Waals surface area (Å²) >= 11 is 0. The highest BCUT2D eigenvalue weighted by atomic mass is 16.2. The van der Waals surface area contributed by atoms with E-state index >= 15 is 0 Å². The molecule has 0 saturated carbocycles. The number of carbonyl (C=O) groups is 2. The minimum absolute atomic E-state index is 0.194. The molecule has 0 radical (unpaired) electrons. The van der Waals surface area contributed by atoms with Crippen LogP contribution in [0.1, 0.15) is 20.7 Å². The van der Waals surface area contributed by atoms with Gasteiger partial charge in [0.15, 0.2) is 0 Å². The van der Waals surface area contributed by atoms with E-state index in [-0.39, 0.29) is 11.8 Å². The average molecular weight is 493 g/mol. The summed E-state index contributed by atoms with van der Waals surface area (Å²) in [6, 6.07) is 42.5. The zero-order valence-electron chi connectivity index (χ0n) is 20.5. The number of anilines is 2. The van der Waals surface area contributed by atoms with E-state index < -0.39 is 0 Å². The Hall–Kier alpha value is -5.22. The molecule has 0 spiro atoms. The maximum Gasteiger partial charge on any atom is 0.255 e. The van der Waals surface area contributed by atoms with Gasteiger partial charge in [-0.05, 0) is 57.9 Å². The standard InChI is InChI=1S/C34H24N2O2/c37-33(27-19-17-23-9-1-3-11-25(23)21-27)35-31-15-7-5-13-29(31)30-14-6-8-16-32(30)36-34(38)28-20-18-24-10-2-4-12-26(24)22-28/h1-22H,(H,35,37)(H,36,38). The molecule has 0 bridgehead atoms. The quantitative estimate of drug-likeness (QED) is 0.255. The summed E-state index contributed by atoms with van der Waals surface area (Å²) in [5, 5.41) is 10.3. The minimum atomic E-state index is -0.194. The Balaban J connectivity index is 1.29. The summed E-state index contributed by atoms with van der Waals surface area (Å²) in [5.41, 5.74) is 4.12. The second kappa shape index (κ2) is 10.0. The third-order valence-electron chi connectivity index (χ3n) is 6.66. The maximum absolute atomic E-state index is 13.2. The van der Waals surface area contributed by atoms with E-state index in [4.69, 9.17) is 0 Å². The molecule has 0 aromatic heterocycles. The molecule has 4 nitrogen and oxygen atoms in total. The van der Waals surface area contributed by atoms with Gasteiger partial charge in [0.05, 0.1) is 0 Å². The lowest BCUT2D eigenvalue weighted by molar-refractivity contribution is 0.101. The lowest BCUT2D eigenvalue weighted by Crippen LogP contribution is -2.14. The van der Waals surface area contributed by atoms with Gasteiger partial charge >= 0.3 is 0 Å². The van der Waals surface area contributed by atoms with Gasteiger partial charge in [-0.2, -0.15) is 0 Å². The summed E-state index contributed by atoms with van der Waals surface area (Å²) in [6.45, 7) is 0. The molecule has 0 aliphatic carbocycles. The Labute approximate surface area is 220 Å². The summed E-state index contributed by atoms with van der Waals surface area (Å²) in [6.07, 6.45) is 0. The molecule has 0 atom stereocenters. The van der Waals surface area contributed by atoms with Crippen LogP contribution in [0.3, 0.4) is 0 Å². The van der Waals surface area contributed by atoms with E-state index in [1.54, 1.807) is 0 Å². The molecule has 0 fully saturated rings. The highest BCUT2D eigenvalue weighted by Crippen LogP contribution is 2.34. The number of hydrogen-bond donors (Lipinski definition) is 2. The Bertz CT molecular complexity index is 1690. The fourth-order valence-electron chi connectivity index (χ4n) is 4.70. The lowest BCUT2D eigenvalue weighted by Gasteiger charge is -2.16. The van der Waals surface area contributed by atoms with Crippen LogP contribution in [0.5, 0.6) is 0 Å². The van der Waals surface area contributed by atoms with Gasteiger partial charge in [0.2, 0.25) is 0 Å². The Morgan fingerprint density at radius 2 is 0.763 bits per heavy atom. The van der Waals surface area contributed by atoms with Crippen LogP contribution in [0, 0.1) is 0 Å². The highest BCUT2D eigenvalue weighted by molar-refractivity contribution is 6.11. The van der Waals surface area contributed by atoms with Crippen molar-refractivity contribution in [3.63, 3.8) is 0 Å². The van der Waals surface area contributed by atoms with Crippen molar-refractivity contribution in [3.05, 3.63) is 145 Å². The van der Waals surface area contributed by atoms with E-state index in [0.29, 0.717) is 22.5 Å². The molecule has 0 aliphatic heterocycles. The summed E-state index contributed by atoms with van der Waals surface area (Å²) in [7, 11) is 0. The summed E-state index contributed by atoms with van der Waals surface area (Å²) in [4.78, 5) is 26.4. The number of hydrogen-bond acceptors (Lipinski definition) is 2. The van der Waals surface area contributed by atoms with Crippen LogP contribution in [0.15, 0.2) is 133 Å². The first kappa shape index (κ1) is 23.2. The number of benzene rings is 6. The van der Waals surface area contributed by atoms with Crippen molar-refractivity contribution in [2.75, 3.05) is 10.6 Å². The molecular weight excluding hydrogens is 468 g/mol. The van der Waals surface area contributed by atoms with E-state index in [1.807, 2.05) is 133 Å². The fourth-order valence-corrected chi connectivity index (χ4v) is 4.70. The van der Waals surface area contributed by atoms with Gasteiger partial charge in [0, 0.05) is 33.6 Å². The number of amides is 2. The van der Waals surface area contributed by atoms with Gasteiger partial charge < -0.3 is 10.6 Å². The molecule has 2 N–H and O–H groups in total. The lowest BCUT2D eigenvalue weighted by atomic mass is 10.0. The molecule has 38 heavy (non-hydrogen) atoms. The van der Waals surface area contributed by atoms with Crippen LogP contribution in [0.4, 0.5) is 11.4 Å². The van der Waals surface area contributed by atoms with Crippen LogP contribution in [-0.4, -0.2) is 11.8 Å². The van der Waals surface area contributed by atoms with Crippen molar-refractivity contribution >= 4 is 44.7 Å². The first-order valence-corrected chi connectivity index (χ1v) is 12.4. The van der Waals surface area contributed by atoms with Gasteiger partial charge in [0.1, 0.15) is 0 Å². The molecule has 6 aromatic rings. The molecule has 6 rings (SSSR count). The zero-order valence-corrected chi connectivity index (χ0v) is 20.5. The average Bonchev–Trinajstić information content (AvgIpc) is 2.97. The number of rotatable bonds is 5. The molecule has 0 heterocycles. The molecule has 0 aliphatic rings. The van der Waals surface area contributed by atoms with Crippen molar-refractivity contribution in [1.82, 2.24) is 0 Å². The third-order valence-corrected chi connectivity index (χ3v) is 6.66. The molecular formula is C34H24N2O2. The molecule has 2 amide bonds. The van der Waals surface area contributed by atoms with Crippen molar-refractivity contribution in [2.24, 2.45) is 0 Å². The minimum Gasteiger partial charge on any atom is -0.321 e. The number of fused-ring (bicyclic) bond motifs is 2. The third kappa shape index (κ3) is 4.63. The second-order valence-electron chi connectivity index (χ2n) is 9.12. The second-order valence-corrected chi connectivity index (χ2v) is 9.12. The predicted molar refractivity (Wildman–Crippen MR) is 156 cm³/mol. The van der Waals surface area contributed by atoms with Crippen molar-refractivity contribution in [2.45, 2.75) is 0 Å². The van der Waals surface area contributed by atoms with Crippen molar-refractivity contribution in [1.29, 1.82) is 0 Å². The van der Waals surface area contributed by atoms with Crippen LogP contribution in [0.25, 0.3) is 32.7 Å². The van der Waals surface area contributed by atoms with Gasteiger partial charge in [-0.25, -0.2) is 0 Å². The van der Waals surface area contributed by atoms with E-state index in [0.717, 1.165) is 32.7 Å². The summed E-state index contributed by atoms with van der Waals surface area (Å²) in [5.74, 6) is -0.387. The number of nitrogens with one attached hydrogen (secondary N) is 2. The van der Waals surface area contributed by atoms with Gasteiger partial charge in [-0.15, -0.1) is 0 Å². The van der Waals surface area contributed by atoms with Crippen LogP contribution in [-0.2, 0) is 0 Å². The zero-order chi connectivity index (χ0) is 25.9. The van der Waals surface area contributed by atoms with E-state index in [9.17, 15) is 9.59 Å². The largest absolute Gasteiger partial charge is 0.321 e. The van der Waals surface area contributed by atoms with Crippen LogP contribution in [0.2, 0.25) is 0 Å². The van der Waals surface area contributed by atoms with Gasteiger partial charge in [-0.3, -0.25) is 9.59 Å². The summed E-state index contributed by atoms with van der Waals surface area (Å²) < 4.78 is 0. The Morgan fingerprint density at radius 1 is 0.395 bits per heavy atom. The van der Waals surface area contributed by atoms with Crippen LogP contribution >= 0.6 is 0 Å². The Morgan fingerprint density at radius 3 is 1.21 bits per heavy atom. The van der Waals surface area contributed by atoms with Crippen molar-refractivity contribution < 1.29 is 9.59 Å². The SMILES string of the molecule is O=C(Nc1ccccc1-c1ccccc1NC(=O)c1ccc2ccccc2c1)c1ccc2ccccc2c1. The normalized spacial score (nSPS) is 10.8. The van der Waals surface area contributed by atoms with Crippen LogP contribution < -0.4 is 10.6 Å². The smallest absolute Gasteiger partial charge is 0.255 e. The van der Waals surface area contributed by atoms with Gasteiger partial charge in [-0.1, -0.05) is 97.1 Å². The van der Waals surface area contributed by atoms with Crippen molar-refractivity contribution in [3.8, 4) is 11.1 Å². The molecule has 6 aromatic carbocycles. The topological polar surface area (TPSA) is 58.2 Å². The molecule has 4 heteroatoms. The van der Waals surface area contributed by atoms with E-state index in [2.05, 4.69) is 10.6 Å². The molecule has 0 saturated heterocycles. The number of para-hydroxylation sites is 2.